The third kappa shape index (κ3) is 4.37. The largest absolute Gasteiger partial charge is 0.318 e. The van der Waals surface area contributed by atoms with Gasteiger partial charge in [-0.15, -0.1) is 10.2 Å². The summed E-state index contributed by atoms with van der Waals surface area (Å²) in [6.07, 6.45) is 4.69. The average molecular weight is 442 g/mol. The molecule has 1 saturated carbocycles. The maximum atomic E-state index is 13.1. The van der Waals surface area contributed by atoms with E-state index in [9.17, 15) is 14.4 Å². The number of piperazine rings is 1. The summed E-state index contributed by atoms with van der Waals surface area (Å²) in [6.45, 7) is 2.65. The first-order valence-electron chi connectivity index (χ1n) is 10.8. The summed E-state index contributed by atoms with van der Waals surface area (Å²) in [7, 11) is 0. The fourth-order valence-electron chi connectivity index (χ4n) is 4.52. The standard InChI is InChI=1S/C22H27N5O3S/c1-2-26-17(13-16-9-5-3-6-10-16)24-25-21(26)31-15-19(29)27-14-18(28)23-20(30)22(27)11-7-4-8-12-22/h3,5-6,9-10H,2,4,7-8,11-15H2,1H3,(H,23,28,30). The first-order valence-corrected chi connectivity index (χ1v) is 11.8. The number of nitrogens with one attached hydrogen (secondary N) is 1. The average Bonchev–Trinajstić information content (AvgIpc) is 3.17. The molecule has 8 nitrogen and oxygen atoms in total. The van der Waals surface area contributed by atoms with Crippen molar-refractivity contribution in [2.45, 2.75) is 62.7 Å². The Morgan fingerprint density at radius 1 is 1.13 bits per heavy atom. The molecule has 1 aliphatic heterocycles. The molecule has 2 fully saturated rings. The molecule has 2 heterocycles. The van der Waals surface area contributed by atoms with Crippen molar-refractivity contribution in [3.8, 4) is 0 Å². The Morgan fingerprint density at radius 2 is 1.87 bits per heavy atom. The van der Waals surface area contributed by atoms with Crippen LogP contribution in [0.25, 0.3) is 0 Å². The molecule has 0 bridgehead atoms. The number of nitrogens with zero attached hydrogens (tertiary/aromatic N) is 4. The fraction of sp³-hybridized carbons (Fsp3) is 0.500. The van der Waals surface area contributed by atoms with E-state index in [1.54, 1.807) is 0 Å². The van der Waals surface area contributed by atoms with Crippen molar-refractivity contribution < 1.29 is 14.4 Å². The van der Waals surface area contributed by atoms with Gasteiger partial charge in [-0.25, -0.2) is 0 Å². The van der Waals surface area contributed by atoms with Gasteiger partial charge in [0.25, 0.3) is 5.91 Å². The molecule has 1 N–H and O–H groups in total. The molecule has 1 aromatic carbocycles. The zero-order valence-electron chi connectivity index (χ0n) is 17.7. The van der Waals surface area contributed by atoms with Crippen molar-refractivity contribution in [3.63, 3.8) is 0 Å². The molecule has 1 spiro atoms. The summed E-state index contributed by atoms with van der Waals surface area (Å²) in [5, 5.41) is 11.7. The molecule has 1 saturated heterocycles. The predicted molar refractivity (Wildman–Crippen MR) is 116 cm³/mol. The van der Waals surface area contributed by atoms with Gasteiger partial charge in [0.2, 0.25) is 11.8 Å². The van der Waals surface area contributed by atoms with Crippen molar-refractivity contribution in [1.29, 1.82) is 0 Å². The first kappa shape index (κ1) is 21.5. The van der Waals surface area contributed by atoms with E-state index in [1.165, 1.54) is 16.7 Å². The number of aromatic nitrogens is 3. The van der Waals surface area contributed by atoms with Gasteiger partial charge in [0.05, 0.1) is 5.75 Å². The summed E-state index contributed by atoms with van der Waals surface area (Å²) in [4.78, 5) is 39.4. The molecular formula is C22H27N5O3S. The second kappa shape index (κ2) is 9.21. The number of hydrogen-bond acceptors (Lipinski definition) is 6. The van der Waals surface area contributed by atoms with Crippen LogP contribution in [0.15, 0.2) is 35.5 Å². The van der Waals surface area contributed by atoms with E-state index in [-0.39, 0.29) is 24.1 Å². The van der Waals surface area contributed by atoms with Gasteiger partial charge in [0, 0.05) is 13.0 Å². The molecule has 31 heavy (non-hydrogen) atoms. The van der Waals surface area contributed by atoms with Crippen molar-refractivity contribution >= 4 is 29.5 Å². The van der Waals surface area contributed by atoms with Crippen LogP contribution in [0.2, 0.25) is 0 Å². The van der Waals surface area contributed by atoms with E-state index in [0.717, 1.165) is 30.7 Å². The van der Waals surface area contributed by atoms with Crippen LogP contribution in [0.3, 0.4) is 0 Å². The highest BCUT2D eigenvalue weighted by molar-refractivity contribution is 7.99. The molecule has 3 amide bonds. The molecule has 1 aromatic heterocycles. The van der Waals surface area contributed by atoms with Gasteiger partial charge in [-0.1, -0.05) is 61.4 Å². The number of amides is 3. The minimum Gasteiger partial charge on any atom is -0.318 e. The zero-order chi connectivity index (χ0) is 21.8. The van der Waals surface area contributed by atoms with Crippen LogP contribution in [-0.2, 0) is 27.3 Å². The van der Waals surface area contributed by atoms with Crippen LogP contribution in [0, 0.1) is 0 Å². The number of carbonyl (C=O) groups excluding carboxylic acids is 3. The lowest BCUT2D eigenvalue weighted by atomic mass is 9.78. The van der Waals surface area contributed by atoms with E-state index < -0.39 is 11.4 Å². The topological polar surface area (TPSA) is 97.2 Å². The first-order chi connectivity index (χ1) is 15.0. The van der Waals surface area contributed by atoms with Crippen LogP contribution in [0.1, 0.15) is 50.4 Å². The van der Waals surface area contributed by atoms with Crippen molar-refractivity contribution in [3.05, 3.63) is 41.7 Å². The Labute approximate surface area is 185 Å². The fourth-order valence-corrected chi connectivity index (χ4v) is 5.41. The van der Waals surface area contributed by atoms with Gasteiger partial charge < -0.3 is 9.47 Å². The number of imide groups is 1. The van der Waals surface area contributed by atoms with Crippen molar-refractivity contribution in [2.24, 2.45) is 0 Å². The maximum absolute atomic E-state index is 13.1. The monoisotopic (exact) mass is 441 g/mol. The van der Waals surface area contributed by atoms with E-state index in [0.29, 0.717) is 31.0 Å². The van der Waals surface area contributed by atoms with Gasteiger partial charge in [0.1, 0.15) is 17.9 Å². The van der Waals surface area contributed by atoms with Crippen molar-refractivity contribution in [1.82, 2.24) is 25.0 Å². The molecule has 164 valence electrons. The molecule has 0 radical (unpaired) electrons. The van der Waals surface area contributed by atoms with E-state index >= 15 is 0 Å². The summed E-state index contributed by atoms with van der Waals surface area (Å²) < 4.78 is 2.01. The highest BCUT2D eigenvalue weighted by Crippen LogP contribution is 2.36. The Morgan fingerprint density at radius 3 is 2.58 bits per heavy atom. The Bertz CT molecular complexity index is 969. The van der Waals surface area contributed by atoms with Crippen molar-refractivity contribution in [2.75, 3.05) is 12.3 Å². The molecule has 4 rings (SSSR count). The quantitative estimate of drug-likeness (QED) is 0.545. The molecule has 2 aliphatic rings. The van der Waals surface area contributed by atoms with Crippen LogP contribution < -0.4 is 5.32 Å². The third-order valence-corrected chi connectivity index (χ3v) is 7.07. The van der Waals surface area contributed by atoms with Gasteiger partial charge in [-0.2, -0.15) is 0 Å². The maximum Gasteiger partial charge on any atom is 0.252 e. The Kier molecular flexibility index (Phi) is 6.41. The van der Waals surface area contributed by atoms with Crippen LogP contribution in [-0.4, -0.2) is 55.2 Å². The number of carbonyl (C=O) groups is 3. The lowest BCUT2D eigenvalue weighted by Gasteiger charge is -2.47. The highest BCUT2D eigenvalue weighted by atomic mass is 32.2. The lowest BCUT2D eigenvalue weighted by molar-refractivity contribution is -0.158. The molecular weight excluding hydrogens is 414 g/mol. The van der Waals surface area contributed by atoms with Crippen LogP contribution in [0.4, 0.5) is 0 Å². The summed E-state index contributed by atoms with van der Waals surface area (Å²) in [6, 6.07) is 10.1. The van der Waals surface area contributed by atoms with Gasteiger partial charge in [-0.05, 0) is 25.3 Å². The Balaban J connectivity index is 1.47. The lowest BCUT2D eigenvalue weighted by Crippen LogP contribution is -2.69. The number of thioether (sulfide) groups is 1. The predicted octanol–water partition coefficient (Wildman–Crippen LogP) is 2.17. The highest BCUT2D eigenvalue weighted by Gasteiger charge is 2.50. The minimum atomic E-state index is -0.888. The number of benzene rings is 1. The second-order valence-electron chi connectivity index (χ2n) is 8.04. The van der Waals surface area contributed by atoms with Gasteiger partial charge >= 0.3 is 0 Å². The van der Waals surface area contributed by atoms with E-state index in [1.807, 2.05) is 41.8 Å². The molecule has 9 heteroatoms. The number of hydrogen-bond donors (Lipinski definition) is 1. The van der Waals surface area contributed by atoms with Crippen LogP contribution in [0.5, 0.6) is 0 Å². The zero-order valence-corrected chi connectivity index (χ0v) is 18.5. The second-order valence-corrected chi connectivity index (χ2v) is 8.99. The smallest absolute Gasteiger partial charge is 0.252 e. The minimum absolute atomic E-state index is 0.0646. The third-order valence-electron chi connectivity index (χ3n) is 6.12. The Hall–Kier alpha value is -2.68. The molecule has 2 aromatic rings. The summed E-state index contributed by atoms with van der Waals surface area (Å²) in [5.74, 6) is 0.0153. The van der Waals surface area contributed by atoms with Crippen LogP contribution >= 0.6 is 11.8 Å². The normalized spacial score (nSPS) is 18.3. The summed E-state index contributed by atoms with van der Waals surface area (Å²) >= 11 is 1.31. The SMILES string of the molecule is CCn1c(Cc2ccccc2)nnc1SCC(=O)N1CC(=O)NC(=O)C12CCCCC2. The van der Waals surface area contributed by atoms with Gasteiger partial charge in [-0.3, -0.25) is 19.7 Å². The molecule has 0 atom stereocenters. The molecule has 1 aliphatic carbocycles. The van der Waals surface area contributed by atoms with E-state index in [2.05, 4.69) is 15.5 Å². The van der Waals surface area contributed by atoms with E-state index in [4.69, 9.17) is 0 Å². The molecule has 0 unspecified atom stereocenters. The summed E-state index contributed by atoms with van der Waals surface area (Å²) in [5.41, 5.74) is 0.259. The number of rotatable bonds is 6. The van der Waals surface area contributed by atoms with Gasteiger partial charge in [0.15, 0.2) is 5.16 Å².